The van der Waals surface area contributed by atoms with Crippen molar-refractivity contribution in [2.75, 3.05) is 0 Å². The lowest BCUT2D eigenvalue weighted by atomic mass is 10.1. The second-order valence-electron chi connectivity index (χ2n) is 4.93. The van der Waals surface area contributed by atoms with E-state index in [1.54, 1.807) is 0 Å². The van der Waals surface area contributed by atoms with Gasteiger partial charge < -0.3 is 4.57 Å². The van der Waals surface area contributed by atoms with Crippen molar-refractivity contribution in [1.82, 2.24) is 9.55 Å². The zero-order valence-corrected chi connectivity index (χ0v) is 11.8. The number of imidazole rings is 1. The molecule has 0 aliphatic carbocycles. The van der Waals surface area contributed by atoms with E-state index in [2.05, 4.69) is 35.5 Å². The maximum atomic E-state index is 9.00. The zero-order valence-electron chi connectivity index (χ0n) is 11.8. The fraction of sp³-hybridized carbons (Fsp3) is 0.500. The first kappa shape index (κ1) is 13.6. The van der Waals surface area contributed by atoms with E-state index in [1.807, 2.05) is 18.2 Å². The average molecular weight is 255 g/mol. The number of nitrogens with zero attached hydrogens (tertiary/aromatic N) is 3. The van der Waals surface area contributed by atoms with Crippen molar-refractivity contribution >= 4 is 11.0 Å². The fourth-order valence-electron chi connectivity index (χ4n) is 2.65. The number of rotatable bonds is 6. The van der Waals surface area contributed by atoms with Gasteiger partial charge in [0.2, 0.25) is 0 Å². The van der Waals surface area contributed by atoms with Crippen LogP contribution in [0.2, 0.25) is 0 Å². The zero-order chi connectivity index (χ0) is 13.7. The molecule has 0 aliphatic rings. The Morgan fingerprint density at radius 1 is 1.32 bits per heavy atom. The molecule has 0 spiro atoms. The molecule has 0 bridgehead atoms. The molecule has 0 aliphatic heterocycles. The largest absolute Gasteiger partial charge is 0.324 e. The Morgan fingerprint density at radius 3 is 2.79 bits per heavy atom. The summed E-state index contributed by atoms with van der Waals surface area (Å²) in [4.78, 5) is 4.62. The molecule has 3 nitrogen and oxygen atoms in total. The predicted molar refractivity (Wildman–Crippen MR) is 77.9 cm³/mol. The quantitative estimate of drug-likeness (QED) is 0.774. The molecule has 0 saturated carbocycles. The van der Waals surface area contributed by atoms with E-state index in [0.29, 0.717) is 12.5 Å². The topological polar surface area (TPSA) is 41.6 Å². The molecule has 3 heteroatoms. The lowest BCUT2D eigenvalue weighted by molar-refractivity contribution is 0.436. The fourth-order valence-corrected chi connectivity index (χ4v) is 2.65. The minimum absolute atomic E-state index is 0.386. The predicted octanol–water partition coefficient (Wildman–Crippen LogP) is 4.24. The van der Waals surface area contributed by atoms with Gasteiger partial charge in [-0.25, -0.2) is 4.98 Å². The summed E-state index contributed by atoms with van der Waals surface area (Å²) in [5.41, 5.74) is 2.17. The minimum Gasteiger partial charge on any atom is -0.324 e. The molecule has 0 saturated heterocycles. The van der Waals surface area contributed by atoms with Crippen LogP contribution in [0.25, 0.3) is 11.0 Å². The molecule has 1 atom stereocenters. The summed E-state index contributed by atoms with van der Waals surface area (Å²) < 4.78 is 2.29. The van der Waals surface area contributed by atoms with E-state index in [0.717, 1.165) is 29.7 Å². The van der Waals surface area contributed by atoms with Gasteiger partial charge in [-0.2, -0.15) is 5.26 Å². The molecule has 2 rings (SSSR count). The maximum Gasteiger partial charge on any atom is 0.124 e. The number of para-hydroxylation sites is 2. The molecular formula is C16H21N3. The van der Waals surface area contributed by atoms with Gasteiger partial charge >= 0.3 is 0 Å². The third-order valence-electron chi connectivity index (χ3n) is 3.63. The number of aromatic nitrogens is 2. The summed E-state index contributed by atoms with van der Waals surface area (Å²) in [7, 11) is 0. The molecule has 19 heavy (non-hydrogen) atoms. The summed E-state index contributed by atoms with van der Waals surface area (Å²) >= 11 is 0. The van der Waals surface area contributed by atoms with Crippen LogP contribution in [0.4, 0.5) is 0 Å². The van der Waals surface area contributed by atoms with Gasteiger partial charge in [-0.15, -0.1) is 0 Å². The highest BCUT2D eigenvalue weighted by Crippen LogP contribution is 2.27. The first-order chi connectivity index (χ1) is 9.31. The van der Waals surface area contributed by atoms with Crippen LogP contribution < -0.4 is 0 Å². The summed E-state index contributed by atoms with van der Waals surface area (Å²) in [6.07, 6.45) is 5.05. The number of fused-ring (bicyclic) bond motifs is 1. The molecule has 0 N–H and O–H groups in total. The molecule has 0 fully saturated rings. The van der Waals surface area contributed by atoms with Gasteiger partial charge in [-0.3, -0.25) is 0 Å². The molecule has 2 aromatic rings. The van der Waals surface area contributed by atoms with Crippen LogP contribution in [0.1, 0.15) is 51.4 Å². The molecule has 1 aromatic heterocycles. The third-order valence-corrected chi connectivity index (χ3v) is 3.63. The van der Waals surface area contributed by atoms with Gasteiger partial charge in [-0.05, 0) is 25.0 Å². The van der Waals surface area contributed by atoms with Crippen LogP contribution in [-0.2, 0) is 6.42 Å². The Bertz CT molecular complexity index is 577. The molecule has 100 valence electrons. The first-order valence-electron chi connectivity index (χ1n) is 7.14. The molecule has 1 heterocycles. The monoisotopic (exact) mass is 255 g/mol. The number of benzene rings is 1. The highest BCUT2D eigenvalue weighted by Gasteiger charge is 2.17. The van der Waals surface area contributed by atoms with Crippen molar-refractivity contribution < 1.29 is 0 Å². The van der Waals surface area contributed by atoms with E-state index in [4.69, 9.17) is 5.26 Å². The van der Waals surface area contributed by atoms with Gasteiger partial charge in [0.25, 0.3) is 0 Å². The van der Waals surface area contributed by atoms with Crippen LogP contribution in [0.3, 0.4) is 0 Å². The van der Waals surface area contributed by atoms with E-state index in [1.165, 1.54) is 12.8 Å². The third kappa shape index (κ3) is 2.78. The van der Waals surface area contributed by atoms with Gasteiger partial charge in [0, 0.05) is 6.04 Å². The lowest BCUT2D eigenvalue weighted by Gasteiger charge is -2.19. The SMILES string of the molecule is CCCCC(CC)n1c(CC#N)nc2ccccc21. The summed E-state index contributed by atoms with van der Waals surface area (Å²) in [6, 6.07) is 10.9. The number of unbranched alkanes of at least 4 members (excludes halogenated alkanes) is 1. The second kappa shape index (κ2) is 6.38. The van der Waals surface area contributed by atoms with E-state index < -0.39 is 0 Å². The van der Waals surface area contributed by atoms with Crippen molar-refractivity contribution in [3.8, 4) is 6.07 Å². The lowest BCUT2D eigenvalue weighted by Crippen LogP contribution is -2.11. The first-order valence-corrected chi connectivity index (χ1v) is 7.14. The van der Waals surface area contributed by atoms with Crippen LogP contribution in [0, 0.1) is 11.3 Å². The van der Waals surface area contributed by atoms with Gasteiger partial charge in [0.1, 0.15) is 5.82 Å². The molecule has 1 unspecified atom stereocenters. The Morgan fingerprint density at radius 2 is 2.11 bits per heavy atom. The van der Waals surface area contributed by atoms with Gasteiger partial charge in [-0.1, -0.05) is 38.8 Å². The maximum absolute atomic E-state index is 9.00. The molecule has 0 amide bonds. The second-order valence-corrected chi connectivity index (χ2v) is 4.93. The van der Waals surface area contributed by atoms with E-state index in [-0.39, 0.29) is 0 Å². The normalized spacial score (nSPS) is 12.5. The molecule has 0 radical (unpaired) electrons. The molecular weight excluding hydrogens is 234 g/mol. The number of hydrogen-bond donors (Lipinski definition) is 0. The van der Waals surface area contributed by atoms with Crippen molar-refractivity contribution in [3.63, 3.8) is 0 Å². The minimum atomic E-state index is 0.386. The van der Waals surface area contributed by atoms with Crippen LogP contribution >= 0.6 is 0 Å². The Balaban J connectivity index is 2.48. The Labute approximate surface area is 114 Å². The number of nitriles is 1. The van der Waals surface area contributed by atoms with Gasteiger partial charge in [0.05, 0.1) is 23.5 Å². The van der Waals surface area contributed by atoms with Crippen LogP contribution in [0.15, 0.2) is 24.3 Å². The average Bonchev–Trinajstić information content (AvgIpc) is 2.79. The molecule has 1 aromatic carbocycles. The van der Waals surface area contributed by atoms with Crippen molar-refractivity contribution in [1.29, 1.82) is 5.26 Å². The Kier molecular flexibility index (Phi) is 4.57. The number of hydrogen-bond acceptors (Lipinski definition) is 2. The highest BCUT2D eigenvalue weighted by molar-refractivity contribution is 5.76. The summed E-state index contributed by atoms with van der Waals surface area (Å²) in [6.45, 7) is 4.43. The van der Waals surface area contributed by atoms with Crippen LogP contribution in [-0.4, -0.2) is 9.55 Å². The highest BCUT2D eigenvalue weighted by atomic mass is 15.1. The van der Waals surface area contributed by atoms with Crippen molar-refractivity contribution in [2.24, 2.45) is 0 Å². The van der Waals surface area contributed by atoms with E-state index >= 15 is 0 Å². The smallest absolute Gasteiger partial charge is 0.124 e. The van der Waals surface area contributed by atoms with Gasteiger partial charge in [0.15, 0.2) is 0 Å². The Hall–Kier alpha value is -1.82. The van der Waals surface area contributed by atoms with Crippen LogP contribution in [0.5, 0.6) is 0 Å². The van der Waals surface area contributed by atoms with Crippen molar-refractivity contribution in [2.45, 2.75) is 52.0 Å². The summed E-state index contributed by atoms with van der Waals surface area (Å²) in [5, 5.41) is 9.00. The standard InChI is InChI=1S/C16H21N3/c1-3-5-8-13(4-2)19-15-10-7-6-9-14(15)18-16(19)11-12-17/h6-7,9-10,13H,3-5,8,11H2,1-2H3. The summed E-state index contributed by atoms with van der Waals surface area (Å²) in [5.74, 6) is 0.909. The van der Waals surface area contributed by atoms with Crippen molar-refractivity contribution in [3.05, 3.63) is 30.1 Å². The van der Waals surface area contributed by atoms with E-state index in [9.17, 15) is 0 Å².